The predicted molar refractivity (Wildman–Crippen MR) is 165 cm³/mol. The maximum Gasteiger partial charge on any atom is 0.312 e. The molecule has 0 bridgehead atoms. The van der Waals surface area contributed by atoms with E-state index in [0.29, 0.717) is 24.3 Å². The fourth-order valence-corrected chi connectivity index (χ4v) is 5.75. The third kappa shape index (κ3) is 9.98. The van der Waals surface area contributed by atoms with E-state index in [2.05, 4.69) is 80.5 Å². The summed E-state index contributed by atoms with van der Waals surface area (Å²) in [6, 6.07) is 8.35. The van der Waals surface area contributed by atoms with Gasteiger partial charge >= 0.3 is 5.97 Å². The zero-order chi connectivity index (χ0) is 28.5. The Balaban J connectivity index is 2.22. The highest BCUT2D eigenvalue weighted by Crippen LogP contribution is 2.40. The fourth-order valence-electron chi connectivity index (χ4n) is 4.83. The maximum atomic E-state index is 13.0. The van der Waals surface area contributed by atoms with Crippen LogP contribution in [-0.2, 0) is 22.0 Å². The number of phenols is 1. The second-order valence-electron chi connectivity index (χ2n) is 12.9. The molecule has 0 aliphatic heterocycles. The van der Waals surface area contributed by atoms with Crippen molar-refractivity contribution < 1.29 is 14.6 Å². The quantitative estimate of drug-likeness (QED) is 0.156. The van der Waals surface area contributed by atoms with Gasteiger partial charge in [0.2, 0.25) is 0 Å². The molecule has 0 saturated heterocycles. The Bertz CT molecular complexity index is 1060. The van der Waals surface area contributed by atoms with Crippen molar-refractivity contribution in [2.45, 2.75) is 125 Å². The van der Waals surface area contributed by atoms with Crippen LogP contribution in [0.3, 0.4) is 0 Å². The predicted octanol–water partition coefficient (Wildman–Crippen LogP) is 9.58. The van der Waals surface area contributed by atoms with Gasteiger partial charge < -0.3 is 9.84 Å². The van der Waals surface area contributed by atoms with Gasteiger partial charge in [-0.25, -0.2) is 0 Å². The Morgan fingerprint density at radius 2 is 1.34 bits per heavy atom. The van der Waals surface area contributed by atoms with Crippen molar-refractivity contribution >= 4 is 17.7 Å². The molecule has 0 saturated carbocycles. The number of hydrogen-bond donors (Lipinski definition) is 1. The summed E-state index contributed by atoms with van der Waals surface area (Å²) < 4.78 is 6.14. The molecule has 0 fully saturated rings. The van der Waals surface area contributed by atoms with Gasteiger partial charge in [0.05, 0.1) is 6.42 Å². The molecule has 0 heterocycles. The van der Waals surface area contributed by atoms with E-state index in [9.17, 15) is 9.90 Å². The number of carbonyl (C=O) groups excluding carboxylic acids is 1. The number of ether oxygens (including phenoxy) is 1. The first-order chi connectivity index (χ1) is 17.7. The summed E-state index contributed by atoms with van der Waals surface area (Å²) in [6.07, 6.45) is 8.67. The smallest absolute Gasteiger partial charge is 0.312 e. The summed E-state index contributed by atoms with van der Waals surface area (Å²) in [5.41, 5.74) is 5.68. The Kier molecular flexibility index (Phi) is 12.3. The van der Waals surface area contributed by atoms with Gasteiger partial charge in [-0.15, -0.1) is 0 Å². The highest BCUT2D eigenvalue weighted by atomic mass is 32.2. The van der Waals surface area contributed by atoms with Crippen LogP contribution in [0.25, 0.3) is 0 Å². The summed E-state index contributed by atoms with van der Waals surface area (Å²) in [5, 5.41) is 11.2. The van der Waals surface area contributed by atoms with Gasteiger partial charge in [0.25, 0.3) is 0 Å². The molecular formula is C34H52O3S. The van der Waals surface area contributed by atoms with Gasteiger partial charge in [-0.2, -0.15) is 11.8 Å². The van der Waals surface area contributed by atoms with Crippen molar-refractivity contribution in [3.8, 4) is 11.5 Å². The molecule has 0 unspecified atom stereocenters. The van der Waals surface area contributed by atoms with E-state index in [0.717, 1.165) is 44.9 Å². The normalized spacial score (nSPS) is 12.1. The molecule has 2 rings (SSSR count). The van der Waals surface area contributed by atoms with E-state index in [1.807, 2.05) is 17.8 Å². The molecule has 38 heavy (non-hydrogen) atoms. The monoisotopic (exact) mass is 540 g/mol. The van der Waals surface area contributed by atoms with E-state index in [1.165, 1.54) is 38.5 Å². The first kappa shape index (κ1) is 32.3. The topological polar surface area (TPSA) is 46.5 Å². The fraction of sp³-hybridized carbons (Fsp3) is 0.618. The van der Waals surface area contributed by atoms with Gasteiger partial charge in [0.1, 0.15) is 11.5 Å². The summed E-state index contributed by atoms with van der Waals surface area (Å²) in [5.74, 6) is 2.70. The Labute approximate surface area is 237 Å². The Hall–Kier alpha value is -1.94. The maximum absolute atomic E-state index is 13.0. The highest BCUT2D eigenvalue weighted by Gasteiger charge is 2.26. The molecule has 2 aromatic rings. The minimum atomic E-state index is -0.186. The molecular weight excluding hydrogens is 488 g/mol. The second kappa shape index (κ2) is 14.4. The minimum absolute atomic E-state index is 0.170. The number of unbranched alkanes of at least 4 members (excludes halogenated alkanes) is 5. The molecule has 2 aromatic carbocycles. The van der Waals surface area contributed by atoms with Gasteiger partial charge in [0.15, 0.2) is 0 Å². The summed E-state index contributed by atoms with van der Waals surface area (Å²) in [4.78, 5) is 13.0. The van der Waals surface area contributed by atoms with Crippen LogP contribution in [0.4, 0.5) is 0 Å². The Morgan fingerprint density at radius 1 is 0.789 bits per heavy atom. The van der Waals surface area contributed by atoms with E-state index >= 15 is 0 Å². The first-order valence-corrected chi connectivity index (χ1v) is 15.6. The summed E-state index contributed by atoms with van der Waals surface area (Å²) in [7, 11) is 0. The summed E-state index contributed by atoms with van der Waals surface area (Å²) >= 11 is 1.85. The van der Waals surface area contributed by atoms with Crippen LogP contribution in [0.1, 0.15) is 127 Å². The number of rotatable bonds is 13. The standard InChI is InChI=1S/C34H52O3S/c1-10-11-12-13-14-15-17-38-18-16-30(35)37-32-27(20-25(3)22-29(32)34(7,8)9)23-26-19-24(2)21-28(31(26)36)33(4,5)6/h19-22,36H,10-18,23H2,1-9H3. The molecule has 4 heteroatoms. The number of aryl methyl sites for hydroxylation is 2. The molecule has 3 nitrogen and oxygen atoms in total. The lowest BCUT2D eigenvalue weighted by Gasteiger charge is -2.26. The van der Waals surface area contributed by atoms with Crippen molar-refractivity contribution in [2.24, 2.45) is 0 Å². The number of aromatic hydroxyl groups is 1. The number of phenolic OH excluding ortho intramolecular Hbond substituents is 1. The highest BCUT2D eigenvalue weighted by molar-refractivity contribution is 7.99. The summed E-state index contributed by atoms with van der Waals surface area (Å²) in [6.45, 7) is 19.2. The molecule has 0 amide bonds. The van der Waals surface area contributed by atoms with Crippen LogP contribution in [-0.4, -0.2) is 22.6 Å². The molecule has 0 spiro atoms. The minimum Gasteiger partial charge on any atom is -0.507 e. The lowest BCUT2D eigenvalue weighted by Crippen LogP contribution is -2.19. The number of benzene rings is 2. The van der Waals surface area contributed by atoms with Gasteiger partial charge in [0, 0.05) is 17.7 Å². The van der Waals surface area contributed by atoms with E-state index in [-0.39, 0.29) is 16.8 Å². The van der Waals surface area contributed by atoms with Crippen LogP contribution in [0.2, 0.25) is 0 Å². The lowest BCUT2D eigenvalue weighted by molar-refractivity contribution is -0.134. The second-order valence-corrected chi connectivity index (χ2v) is 14.1. The average molecular weight is 541 g/mol. The van der Waals surface area contributed by atoms with Crippen LogP contribution in [0, 0.1) is 13.8 Å². The largest absolute Gasteiger partial charge is 0.507 e. The zero-order valence-electron chi connectivity index (χ0n) is 25.6. The van der Waals surface area contributed by atoms with Crippen LogP contribution >= 0.6 is 11.8 Å². The molecule has 0 radical (unpaired) electrons. The van der Waals surface area contributed by atoms with Crippen molar-refractivity contribution in [3.63, 3.8) is 0 Å². The van der Waals surface area contributed by atoms with Gasteiger partial charge in [-0.05, 0) is 53.5 Å². The number of esters is 1. The third-order valence-electron chi connectivity index (χ3n) is 6.95. The molecule has 212 valence electrons. The van der Waals surface area contributed by atoms with E-state index in [4.69, 9.17) is 4.74 Å². The molecule has 0 aliphatic carbocycles. The lowest BCUT2D eigenvalue weighted by atomic mass is 9.81. The zero-order valence-corrected chi connectivity index (χ0v) is 26.4. The number of hydrogen-bond acceptors (Lipinski definition) is 4. The van der Waals surface area contributed by atoms with Crippen LogP contribution < -0.4 is 4.74 Å². The van der Waals surface area contributed by atoms with Gasteiger partial charge in [-0.1, -0.05) is 116 Å². The van der Waals surface area contributed by atoms with Crippen molar-refractivity contribution in [3.05, 3.63) is 57.6 Å². The van der Waals surface area contributed by atoms with Crippen LogP contribution in [0.15, 0.2) is 24.3 Å². The first-order valence-electron chi connectivity index (χ1n) is 14.5. The van der Waals surface area contributed by atoms with Crippen molar-refractivity contribution in [1.82, 2.24) is 0 Å². The van der Waals surface area contributed by atoms with E-state index in [1.54, 1.807) is 0 Å². The average Bonchev–Trinajstić information content (AvgIpc) is 2.80. The molecule has 0 aromatic heterocycles. The molecule has 0 atom stereocenters. The van der Waals surface area contributed by atoms with Gasteiger partial charge in [-0.3, -0.25) is 4.79 Å². The SMILES string of the molecule is CCCCCCCCSCCC(=O)Oc1c(Cc2cc(C)cc(C(C)(C)C)c2O)cc(C)cc1C(C)(C)C. The third-order valence-corrected chi connectivity index (χ3v) is 8.02. The van der Waals surface area contributed by atoms with Crippen LogP contribution in [0.5, 0.6) is 11.5 Å². The molecule has 1 N–H and O–H groups in total. The molecule has 0 aliphatic rings. The van der Waals surface area contributed by atoms with Crippen molar-refractivity contribution in [2.75, 3.05) is 11.5 Å². The number of carbonyl (C=O) groups is 1. The van der Waals surface area contributed by atoms with E-state index < -0.39 is 0 Å². The van der Waals surface area contributed by atoms with Crippen molar-refractivity contribution in [1.29, 1.82) is 0 Å². The number of thioether (sulfide) groups is 1. The Morgan fingerprint density at radius 3 is 1.95 bits per heavy atom.